The fraction of sp³-hybridized carbons (Fsp3) is 0.543. The van der Waals surface area contributed by atoms with Gasteiger partial charge in [-0.15, -0.1) is 6.67 Å². The van der Waals surface area contributed by atoms with Gasteiger partial charge in [-0.2, -0.15) is 0 Å². The summed E-state index contributed by atoms with van der Waals surface area (Å²) in [5, 5.41) is 0. The first-order chi connectivity index (χ1) is 25.6. The smallest absolute Gasteiger partial charge is 0.0267 e. The van der Waals surface area contributed by atoms with E-state index in [0.29, 0.717) is 0 Å². The summed E-state index contributed by atoms with van der Waals surface area (Å²) in [4.78, 5) is 8.23. The van der Waals surface area contributed by atoms with Gasteiger partial charge in [0.1, 0.15) is 0 Å². The molecule has 0 spiro atoms. The molecule has 3 aromatic rings. The van der Waals surface area contributed by atoms with E-state index in [1.807, 2.05) is 18.2 Å². The quantitative estimate of drug-likeness (QED) is 0.134. The average molecular weight is 864 g/mol. The zero-order valence-corrected chi connectivity index (χ0v) is 37.6. The molecular formula is C46H66Cl2N3PRu. The fourth-order valence-electron chi connectivity index (χ4n) is 10.3. The number of anilines is 2. The number of rotatable bonds is 7. The van der Waals surface area contributed by atoms with Crippen LogP contribution in [-0.2, 0) is 13.5 Å². The molecule has 0 radical (unpaired) electrons. The van der Waals surface area contributed by atoms with Gasteiger partial charge in [0, 0.05) is 23.8 Å². The maximum atomic E-state index is 6.37. The van der Waals surface area contributed by atoms with Crippen molar-refractivity contribution in [2.75, 3.05) is 16.0 Å². The number of pyridine rings is 1. The molecule has 4 aliphatic rings. The van der Waals surface area contributed by atoms with Gasteiger partial charge in [0.15, 0.2) is 0 Å². The van der Waals surface area contributed by atoms with Crippen molar-refractivity contribution < 1.29 is 13.5 Å². The Morgan fingerprint density at radius 3 is 1.25 bits per heavy atom. The van der Waals surface area contributed by atoms with Gasteiger partial charge < -0.3 is 9.80 Å². The number of hydrogen-bond donors (Lipinski definition) is 0. The Labute approximate surface area is 337 Å². The molecule has 1 aliphatic heterocycles. The second-order valence-electron chi connectivity index (χ2n) is 16.1. The minimum absolute atomic E-state index is 0.965. The molecule has 2 aromatic carbocycles. The van der Waals surface area contributed by atoms with E-state index in [1.54, 1.807) is 12.4 Å². The van der Waals surface area contributed by atoms with Crippen molar-refractivity contribution in [2.45, 2.75) is 155 Å². The van der Waals surface area contributed by atoms with E-state index in [2.05, 4.69) is 104 Å². The van der Waals surface area contributed by atoms with Gasteiger partial charge in [-0.05, 0) is 88.3 Å². The van der Waals surface area contributed by atoms with Crippen molar-refractivity contribution >= 4 is 42.6 Å². The second-order valence-corrected chi connectivity index (χ2v) is 26.6. The van der Waals surface area contributed by atoms with Crippen LogP contribution in [0, 0.1) is 48.2 Å². The van der Waals surface area contributed by atoms with Crippen LogP contribution in [-0.4, -0.2) is 32.7 Å². The van der Waals surface area contributed by atoms with Crippen LogP contribution in [0.2, 0.25) is 0 Å². The molecule has 3 saturated carbocycles. The van der Waals surface area contributed by atoms with E-state index >= 15 is 0 Å². The van der Waals surface area contributed by atoms with Gasteiger partial charge in [-0.1, -0.05) is 41.5 Å². The number of hydrogen-bond acceptors (Lipinski definition) is 3. The van der Waals surface area contributed by atoms with Crippen LogP contribution in [0.15, 0.2) is 67.3 Å². The Morgan fingerprint density at radius 2 is 0.962 bits per heavy atom. The second kappa shape index (κ2) is 21.1. The summed E-state index contributed by atoms with van der Waals surface area (Å²) in [5.41, 5.74) is 13.6. The molecule has 0 bridgehead atoms. The molecule has 292 valence electrons. The number of nitrogens with zero attached hydrogens (tertiary/aromatic N) is 3. The monoisotopic (exact) mass is 863 g/mol. The molecule has 0 atom stereocenters. The molecular weight excluding hydrogens is 797 g/mol. The largest absolute Gasteiger partial charge is 0.265 e. The van der Waals surface area contributed by atoms with E-state index in [0.717, 1.165) is 17.0 Å². The van der Waals surface area contributed by atoms with Gasteiger partial charge in [-0.25, -0.2) is 0 Å². The topological polar surface area (TPSA) is 19.4 Å². The Balaban J connectivity index is 0.000000176. The minimum atomic E-state index is -1.63. The van der Waals surface area contributed by atoms with E-state index in [9.17, 15) is 0 Å². The molecule has 3 aliphatic carbocycles. The van der Waals surface area contributed by atoms with E-state index in [4.69, 9.17) is 19.4 Å². The van der Waals surface area contributed by atoms with Crippen molar-refractivity contribution in [2.24, 2.45) is 0 Å². The Hall–Kier alpha value is -1.57. The summed E-state index contributed by atoms with van der Waals surface area (Å²) in [6, 6.07) is 14.7. The predicted molar refractivity (Wildman–Crippen MR) is 234 cm³/mol. The molecule has 2 heterocycles. The summed E-state index contributed by atoms with van der Waals surface area (Å²) in [6.45, 7) is 15.2. The Kier molecular flexibility index (Phi) is 16.9. The van der Waals surface area contributed by atoms with Crippen molar-refractivity contribution in [1.82, 2.24) is 4.98 Å². The van der Waals surface area contributed by atoms with Crippen molar-refractivity contribution in [3.05, 3.63) is 107 Å². The average Bonchev–Trinajstić information content (AvgIpc) is 3.62. The third kappa shape index (κ3) is 11.5. The predicted octanol–water partition coefficient (Wildman–Crippen LogP) is 14.3. The zero-order valence-electron chi connectivity index (χ0n) is 33.4. The number of aromatic nitrogens is 1. The first-order valence-electron chi connectivity index (χ1n) is 20.4. The van der Waals surface area contributed by atoms with Gasteiger partial charge in [-0.3, -0.25) is 4.98 Å². The van der Waals surface area contributed by atoms with Crippen LogP contribution in [0.5, 0.6) is 0 Å². The van der Waals surface area contributed by atoms with Crippen LogP contribution in [0.4, 0.5) is 11.4 Å². The summed E-state index contributed by atoms with van der Waals surface area (Å²) >= 11 is -1.63. The van der Waals surface area contributed by atoms with Crippen LogP contribution in [0.25, 0.3) is 0 Å². The molecule has 0 N–H and O–H groups in total. The van der Waals surface area contributed by atoms with Gasteiger partial charge >= 0.3 is 164 Å². The summed E-state index contributed by atoms with van der Waals surface area (Å²) < 4.78 is 2.46. The van der Waals surface area contributed by atoms with Crippen molar-refractivity contribution in [3.8, 4) is 0 Å². The fourth-order valence-corrected chi connectivity index (χ4v) is 21.4. The van der Waals surface area contributed by atoms with Gasteiger partial charge in [0.2, 0.25) is 0 Å². The SMILES string of the molecule is Cc1cc(C)c(N2C=CN(c3c(C)cc(C)cc3C)[CH-]2)c(C)c1.[Cl][Ru]([Cl])=[CH]C[P+](C1CCCCC1)(C1CCCCC1)C1CCCCC1.c1ccncc1. The standard InChI is InChI=1S/C21H25N2.C20H36P.C5H5N.2ClH.Ru/c1-14-9-16(3)20(17(4)10-14)22-7-8-23(13-22)21-18(5)11-15(2)12-19(21)6;1-2-21(18-12-6-3-7-13-18,19-14-8-4-9-15-19)20-16-10-5-11-17-20;1-2-4-6-5-3-1;;;/h7-13H,1-6H3;1,18-20H,2-17H2;1-5H;2*1H;/q-1;+1;;;;+2/p-2. The normalized spacial score (nSPS) is 18.9. The molecule has 0 amide bonds. The van der Waals surface area contributed by atoms with E-state index in [1.165, 1.54) is 147 Å². The molecule has 7 heteroatoms. The Bertz CT molecular complexity index is 1450. The van der Waals surface area contributed by atoms with Crippen LogP contribution < -0.4 is 9.80 Å². The molecule has 53 heavy (non-hydrogen) atoms. The first kappa shape index (κ1) is 42.6. The minimum Gasteiger partial charge on any atom is -0.265 e. The van der Waals surface area contributed by atoms with Crippen LogP contribution in [0.1, 0.15) is 130 Å². The summed E-state index contributed by atoms with van der Waals surface area (Å²) in [7, 11) is 11.8. The molecule has 3 fully saturated rings. The number of halogens is 2. The third-order valence-corrected chi connectivity index (χ3v) is 21.4. The molecule has 3 nitrogen and oxygen atoms in total. The first-order valence-corrected chi connectivity index (χ1v) is 28.1. The van der Waals surface area contributed by atoms with Crippen molar-refractivity contribution in [3.63, 3.8) is 0 Å². The van der Waals surface area contributed by atoms with Crippen LogP contribution >= 0.6 is 26.6 Å². The third-order valence-electron chi connectivity index (χ3n) is 12.2. The maximum Gasteiger partial charge on any atom is 0.0267 e. The number of aryl methyl sites for hydroxylation is 6. The summed E-state index contributed by atoms with van der Waals surface area (Å²) in [6.07, 6.45) is 31.8. The maximum absolute atomic E-state index is 6.37. The molecule has 7 rings (SSSR count). The van der Waals surface area contributed by atoms with E-state index in [-0.39, 0.29) is 0 Å². The van der Waals surface area contributed by atoms with Gasteiger partial charge in [0.25, 0.3) is 0 Å². The van der Waals surface area contributed by atoms with Crippen molar-refractivity contribution in [1.29, 1.82) is 0 Å². The summed E-state index contributed by atoms with van der Waals surface area (Å²) in [5.74, 6) is 0. The zero-order chi connectivity index (χ0) is 37.8. The molecule has 0 saturated heterocycles. The van der Waals surface area contributed by atoms with Crippen LogP contribution in [0.3, 0.4) is 0 Å². The Morgan fingerprint density at radius 1 is 0.604 bits per heavy atom. The molecule has 1 aromatic heterocycles. The molecule has 0 unspecified atom stereocenters. The van der Waals surface area contributed by atoms with E-state index < -0.39 is 20.8 Å². The number of benzene rings is 2. The van der Waals surface area contributed by atoms with Gasteiger partial charge in [0.05, 0.1) is 0 Å².